The summed E-state index contributed by atoms with van der Waals surface area (Å²) in [6.45, 7) is -1.45. The second-order valence-corrected chi connectivity index (χ2v) is 2.48. The molecule has 0 fully saturated rings. The molecule has 0 aliphatic heterocycles. The molecule has 0 saturated heterocycles. The van der Waals surface area contributed by atoms with Crippen molar-refractivity contribution in [2.75, 3.05) is 13.2 Å². The van der Waals surface area contributed by atoms with Crippen LogP contribution >= 0.6 is 0 Å². The van der Waals surface area contributed by atoms with E-state index < -0.39 is 37.6 Å². The third kappa shape index (κ3) is 4.89. The van der Waals surface area contributed by atoms with E-state index in [0.717, 1.165) is 0 Å². The minimum Gasteiger partial charge on any atom is -0.394 e. The fourth-order valence-electron chi connectivity index (χ4n) is 0.671. The van der Waals surface area contributed by atoms with E-state index in [-0.39, 0.29) is 16.8 Å². The van der Waals surface area contributed by atoms with Crippen LogP contribution < -0.4 is 0 Å². The molecule has 0 rings (SSSR count). The normalized spacial score (nSPS) is 19.8. The zero-order chi connectivity index (χ0) is 9.72. The van der Waals surface area contributed by atoms with Crippen LogP contribution in [0.15, 0.2) is 0 Å². The SMILES string of the molecule is OC[C@@H](O)[C@@H](O)[C@H](O)[C@@H](O)CO.[Co]. The van der Waals surface area contributed by atoms with Gasteiger partial charge in [-0.2, -0.15) is 0 Å². The van der Waals surface area contributed by atoms with Gasteiger partial charge in [0.25, 0.3) is 0 Å². The van der Waals surface area contributed by atoms with Crippen LogP contribution in [0.25, 0.3) is 0 Å². The molecule has 0 saturated carbocycles. The van der Waals surface area contributed by atoms with E-state index >= 15 is 0 Å². The summed E-state index contributed by atoms with van der Waals surface area (Å²) < 4.78 is 0. The van der Waals surface area contributed by atoms with Gasteiger partial charge in [-0.15, -0.1) is 0 Å². The maximum absolute atomic E-state index is 8.96. The summed E-state index contributed by atoms with van der Waals surface area (Å²) in [6, 6.07) is 0. The first-order valence-electron chi connectivity index (χ1n) is 3.48. The van der Waals surface area contributed by atoms with Crippen molar-refractivity contribution in [2.45, 2.75) is 24.4 Å². The molecule has 13 heavy (non-hydrogen) atoms. The Morgan fingerprint density at radius 2 is 0.923 bits per heavy atom. The average Bonchev–Trinajstić information content (AvgIpc) is 2.12. The van der Waals surface area contributed by atoms with Crippen LogP contribution in [0.1, 0.15) is 0 Å². The molecule has 0 spiro atoms. The summed E-state index contributed by atoms with van der Waals surface area (Å²) in [4.78, 5) is 0. The fraction of sp³-hybridized carbons (Fsp3) is 1.00. The van der Waals surface area contributed by atoms with E-state index in [0.29, 0.717) is 0 Å². The third-order valence-electron chi connectivity index (χ3n) is 1.51. The van der Waals surface area contributed by atoms with Crippen LogP contribution in [0, 0.1) is 0 Å². The van der Waals surface area contributed by atoms with Gasteiger partial charge in [0, 0.05) is 16.8 Å². The van der Waals surface area contributed by atoms with Crippen LogP contribution in [0.5, 0.6) is 0 Å². The Balaban J connectivity index is 0. The van der Waals surface area contributed by atoms with E-state index in [2.05, 4.69) is 0 Å². The van der Waals surface area contributed by atoms with Gasteiger partial charge in [-0.3, -0.25) is 0 Å². The molecule has 0 aliphatic rings. The van der Waals surface area contributed by atoms with Gasteiger partial charge in [0.1, 0.15) is 24.4 Å². The van der Waals surface area contributed by atoms with Crippen molar-refractivity contribution >= 4 is 0 Å². The predicted molar refractivity (Wildman–Crippen MR) is 38.2 cm³/mol. The molecule has 7 heteroatoms. The molecule has 0 heterocycles. The van der Waals surface area contributed by atoms with Crippen LogP contribution in [-0.4, -0.2) is 68.3 Å². The van der Waals surface area contributed by atoms with Gasteiger partial charge >= 0.3 is 0 Å². The van der Waals surface area contributed by atoms with E-state index in [9.17, 15) is 0 Å². The van der Waals surface area contributed by atoms with Crippen molar-refractivity contribution < 1.29 is 47.4 Å². The maximum Gasteiger partial charge on any atom is 0.111 e. The number of rotatable bonds is 5. The van der Waals surface area contributed by atoms with Gasteiger partial charge in [0.15, 0.2) is 0 Å². The molecule has 0 aromatic carbocycles. The molecular formula is C6H14CoO6. The molecule has 0 aliphatic carbocycles. The summed E-state index contributed by atoms with van der Waals surface area (Å²) in [5.74, 6) is 0. The van der Waals surface area contributed by atoms with Crippen molar-refractivity contribution in [1.82, 2.24) is 0 Å². The van der Waals surface area contributed by atoms with Crippen LogP contribution in [0.2, 0.25) is 0 Å². The topological polar surface area (TPSA) is 121 Å². The first kappa shape index (κ1) is 15.7. The molecule has 4 atom stereocenters. The maximum atomic E-state index is 8.96. The van der Waals surface area contributed by atoms with Crippen molar-refractivity contribution in [3.8, 4) is 0 Å². The summed E-state index contributed by atoms with van der Waals surface area (Å²) in [5, 5.41) is 52.2. The van der Waals surface area contributed by atoms with Gasteiger partial charge in [-0.1, -0.05) is 0 Å². The van der Waals surface area contributed by atoms with Gasteiger partial charge in [0.05, 0.1) is 13.2 Å². The first-order valence-corrected chi connectivity index (χ1v) is 3.48. The Kier molecular flexibility index (Phi) is 9.25. The van der Waals surface area contributed by atoms with E-state index in [1.807, 2.05) is 0 Å². The fourth-order valence-corrected chi connectivity index (χ4v) is 0.671. The molecule has 0 bridgehead atoms. The second kappa shape index (κ2) is 7.65. The summed E-state index contributed by atoms with van der Waals surface area (Å²) in [5.41, 5.74) is 0. The largest absolute Gasteiger partial charge is 0.394 e. The molecule has 0 unspecified atom stereocenters. The summed E-state index contributed by atoms with van der Waals surface area (Å²) in [7, 11) is 0. The standard InChI is InChI=1S/C6H14O6.Co/c7-1-3(9)5(11)6(12)4(10)2-8;/h3-12H,1-2H2;/t3-,4+,5-,6-;/m1./s1. The van der Waals surface area contributed by atoms with Crippen LogP contribution in [0.4, 0.5) is 0 Å². The number of hydrogen-bond donors (Lipinski definition) is 6. The Morgan fingerprint density at radius 1 is 0.692 bits per heavy atom. The van der Waals surface area contributed by atoms with Gasteiger partial charge < -0.3 is 30.6 Å². The van der Waals surface area contributed by atoms with Gasteiger partial charge in [-0.25, -0.2) is 0 Å². The number of hydrogen-bond acceptors (Lipinski definition) is 6. The average molecular weight is 241 g/mol. The van der Waals surface area contributed by atoms with E-state index in [1.54, 1.807) is 0 Å². The van der Waals surface area contributed by atoms with Gasteiger partial charge in [0.2, 0.25) is 0 Å². The number of aliphatic hydroxyl groups excluding tert-OH is 6. The third-order valence-corrected chi connectivity index (χ3v) is 1.51. The molecule has 0 aromatic heterocycles. The van der Waals surface area contributed by atoms with Crippen molar-refractivity contribution in [2.24, 2.45) is 0 Å². The molecule has 0 amide bonds. The molecule has 0 aromatic rings. The zero-order valence-corrected chi connectivity index (χ0v) is 7.78. The molecule has 1 radical (unpaired) electrons. The minimum atomic E-state index is -1.67. The van der Waals surface area contributed by atoms with Crippen molar-refractivity contribution in [3.05, 3.63) is 0 Å². The molecule has 6 N–H and O–H groups in total. The summed E-state index contributed by atoms with van der Waals surface area (Å²) in [6.07, 6.45) is -6.39. The van der Waals surface area contributed by atoms with Crippen LogP contribution in [-0.2, 0) is 16.8 Å². The Labute approximate surface area is 85.6 Å². The molecule has 83 valence electrons. The molecular weight excluding hydrogens is 227 g/mol. The van der Waals surface area contributed by atoms with Crippen LogP contribution in [0.3, 0.4) is 0 Å². The van der Waals surface area contributed by atoms with Gasteiger partial charge in [-0.05, 0) is 0 Å². The monoisotopic (exact) mass is 241 g/mol. The van der Waals surface area contributed by atoms with E-state index in [4.69, 9.17) is 30.6 Å². The Bertz CT molecular complexity index is 110. The van der Waals surface area contributed by atoms with E-state index in [1.165, 1.54) is 0 Å². The first-order chi connectivity index (χ1) is 5.54. The Hall–Kier alpha value is 0.266. The second-order valence-electron chi connectivity index (χ2n) is 2.48. The summed E-state index contributed by atoms with van der Waals surface area (Å²) >= 11 is 0. The predicted octanol–water partition coefficient (Wildman–Crippen LogP) is -3.59. The quantitative estimate of drug-likeness (QED) is 0.296. The smallest absolute Gasteiger partial charge is 0.111 e. The number of aliphatic hydroxyl groups is 6. The Morgan fingerprint density at radius 3 is 1.08 bits per heavy atom. The van der Waals surface area contributed by atoms with Crippen molar-refractivity contribution in [1.29, 1.82) is 0 Å². The van der Waals surface area contributed by atoms with Crippen molar-refractivity contribution in [3.63, 3.8) is 0 Å². The zero-order valence-electron chi connectivity index (χ0n) is 6.74. The minimum absolute atomic E-state index is 0. The molecule has 6 nitrogen and oxygen atoms in total.